The predicted molar refractivity (Wildman–Crippen MR) is 75.8 cm³/mol. The van der Waals surface area contributed by atoms with Gasteiger partial charge in [0.15, 0.2) is 5.78 Å². The lowest BCUT2D eigenvalue weighted by Crippen LogP contribution is -2.06. The van der Waals surface area contributed by atoms with Gasteiger partial charge in [0.1, 0.15) is 0 Å². The number of anilines is 1. The van der Waals surface area contributed by atoms with Crippen LogP contribution in [-0.4, -0.2) is 25.0 Å². The van der Waals surface area contributed by atoms with E-state index in [9.17, 15) is 4.79 Å². The lowest BCUT2D eigenvalue weighted by atomic mass is 10.0. The van der Waals surface area contributed by atoms with E-state index in [0.717, 1.165) is 50.1 Å². The zero-order chi connectivity index (χ0) is 13.1. The maximum Gasteiger partial charge on any atom is 0.162 e. The molecule has 0 bridgehead atoms. The molecule has 0 aromatic heterocycles. The van der Waals surface area contributed by atoms with Gasteiger partial charge in [0, 0.05) is 30.8 Å². The summed E-state index contributed by atoms with van der Waals surface area (Å²) in [6, 6.07) is 6.07. The molecule has 0 saturated carbocycles. The SMILES string of the molecule is O=C(CCCC1CCCO1)c1ccc2c(c1)NCC2. The maximum atomic E-state index is 12.1. The Morgan fingerprint density at radius 3 is 3.21 bits per heavy atom. The van der Waals surface area contributed by atoms with Crippen LogP contribution in [0, 0.1) is 0 Å². The Balaban J connectivity index is 1.52. The lowest BCUT2D eigenvalue weighted by Gasteiger charge is -2.08. The van der Waals surface area contributed by atoms with Crippen LogP contribution in [0.1, 0.15) is 48.0 Å². The fourth-order valence-electron chi connectivity index (χ4n) is 2.97. The van der Waals surface area contributed by atoms with Gasteiger partial charge in [-0.25, -0.2) is 0 Å². The summed E-state index contributed by atoms with van der Waals surface area (Å²) >= 11 is 0. The van der Waals surface area contributed by atoms with Gasteiger partial charge in [-0.2, -0.15) is 0 Å². The van der Waals surface area contributed by atoms with E-state index in [1.54, 1.807) is 0 Å². The van der Waals surface area contributed by atoms with Crippen molar-refractivity contribution < 1.29 is 9.53 Å². The van der Waals surface area contributed by atoms with Gasteiger partial charge < -0.3 is 10.1 Å². The molecular formula is C16H21NO2. The molecule has 19 heavy (non-hydrogen) atoms. The van der Waals surface area contributed by atoms with Gasteiger partial charge in [-0.1, -0.05) is 12.1 Å². The third-order valence-electron chi connectivity index (χ3n) is 4.10. The minimum atomic E-state index is 0.259. The normalized spacial score (nSPS) is 21.2. The molecule has 2 aliphatic rings. The number of ether oxygens (including phenoxy) is 1. The number of benzene rings is 1. The molecule has 3 nitrogen and oxygen atoms in total. The molecule has 1 aromatic carbocycles. The second-order valence-corrected chi connectivity index (χ2v) is 5.50. The summed E-state index contributed by atoms with van der Waals surface area (Å²) in [4.78, 5) is 12.1. The molecule has 1 aromatic rings. The second kappa shape index (κ2) is 5.74. The molecule has 0 radical (unpaired) electrons. The highest BCUT2D eigenvalue weighted by atomic mass is 16.5. The van der Waals surface area contributed by atoms with E-state index in [1.807, 2.05) is 12.1 Å². The molecule has 2 heterocycles. The molecule has 0 aliphatic carbocycles. The van der Waals surface area contributed by atoms with E-state index in [4.69, 9.17) is 4.74 Å². The van der Waals surface area contributed by atoms with Crippen molar-refractivity contribution in [2.45, 2.75) is 44.6 Å². The molecular weight excluding hydrogens is 238 g/mol. The number of carbonyl (C=O) groups is 1. The number of fused-ring (bicyclic) bond motifs is 1. The predicted octanol–water partition coefficient (Wildman–Crippen LogP) is 3.19. The highest BCUT2D eigenvalue weighted by Gasteiger charge is 2.17. The first kappa shape index (κ1) is 12.7. The maximum absolute atomic E-state index is 12.1. The van der Waals surface area contributed by atoms with Crippen LogP contribution >= 0.6 is 0 Å². The van der Waals surface area contributed by atoms with Crippen LogP contribution in [0.2, 0.25) is 0 Å². The molecule has 1 N–H and O–H groups in total. The zero-order valence-corrected chi connectivity index (χ0v) is 11.3. The van der Waals surface area contributed by atoms with Gasteiger partial charge in [-0.05, 0) is 43.7 Å². The number of rotatable bonds is 5. The van der Waals surface area contributed by atoms with Crippen molar-refractivity contribution in [3.63, 3.8) is 0 Å². The van der Waals surface area contributed by atoms with Gasteiger partial charge in [0.05, 0.1) is 6.10 Å². The molecule has 1 atom stereocenters. The molecule has 3 rings (SSSR count). The summed E-state index contributed by atoms with van der Waals surface area (Å²) in [5.41, 5.74) is 3.32. The highest BCUT2D eigenvalue weighted by Crippen LogP contribution is 2.24. The standard InChI is InChI=1S/C16H21NO2/c18-16(5-1-3-14-4-2-10-19-14)13-7-6-12-8-9-17-15(12)11-13/h6-7,11,14,17H,1-5,8-10H2. The minimum absolute atomic E-state index is 0.259. The van der Waals surface area contributed by atoms with E-state index in [2.05, 4.69) is 11.4 Å². The number of nitrogens with one attached hydrogen (secondary N) is 1. The largest absolute Gasteiger partial charge is 0.384 e. The van der Waals surface area contributed by atoms with Gasteiger partial charge in [-0.15, -0.1) is 0 Å². The van der Waals surface area contributed by atoms with E-state index in [-0.39, 0.29) is 5.78 Å². The van der Waals surface area contributed by atoms with Crippen LogP contribution in [0.15, 0.2) is 18.2 Å². The Morgan fingerprint density at radius 1 is 1.42 bits per heavy atom. The molecule has 0 spiro atoms. The molecule has 1 saturated heterocycles. The van der Waals surface area contributed by atoms with Crippen molar-refractivity contribution in [1.82, 2.24) is 0 Å². The summed E-state index contributed by atoms with van der Waals surface area (Å²) in [5, 5.41) is 3.32. The van der Waals surface area contributed by atoms with Crippen molar-refractivity contribution in [1.29, 1.82) is 0 Å². The van der Waals surface area contributed by atoms with Crippen LogP contribution in [0.4, 0.5) is 5.69 Å². The van der Waals surface area contributed by atoms with Crippen LogP contribution in [0.3, 0.4) is 0 Å². The minimum Gasteiger partial charge on any atom is -0.384 e. The van der Waals surface area contributed by atoms with Crippen molar-refractivity contribution >= 4 is 11.5 Å². The number of carbonyl (C=O) groups excluding carboxylic acids is 1. The molecule has 2 aliphatic heterocycles. The number of Topliss-reactive ketones (excluding diaryl/α,β-unsaturated/α-hetero) is 1. The molecule has 0 amide bonds. The van der Waals surface area contributed by atoms with Crippen molar-refractivity contribution in [3.05, 3.63) is 29.3 Å². The van der Waals surface area contributed by atoms with Crippen molar-refractivity contribution in [2.24, 2.45) is 0 Å². The first-order valence-electron chi connectivity index (χ1n) is 7.34. The van der Waals surface area contributed by atoms with E-state index in [0.29, 0.717) is 12.5 Å². The summed E-state index contributed by atoms with van der Waals surface area (Å²) in [6.07, 6.45) is 6.41. The Kier molecular flexibility index (Phi) is 3.83. The number of ketones is 1. The van der Waals surface area contributed by atoms with Gasteiger partial charge in [0.25, 0.3) is 0 Å². The third kappa shape index (κ3) is 2.98. The first-order chi connectivity index (χ1) is 9.33. The van der Waals surface area contributed by atoms with Crippen LogP contribution < -0.4 is 5.32 Å². The molecule has 1 unspecified atom stereocenters. The Labute approximate surface area is 114 Å². The average Bonchev–Trinajstić information content (AvgIpc) is 3.08. The third-order valence-corrected chi connectivity index (χ3v) is 4.10. The topological polar surface area (TPSA) is 38.3 Å². The molecule has 3 heteroatoms. The summed E-state index contributed by atoms with van der Waals surface area (Å²) in [5.74, 6) is 0.259. The Morgan fingerprint density at radius 2 is 2.37 bits per heavy atom. The smallest absolute Gasteiger partial charge is 0.162 e. The summed E-state index contributed by atoms with van der Waals surface area (Å²) < 4.78 is 5.58. The molecule has 102 valence electrons. The zero-order valence-electron chi connectivity index (χ0n) is 11.3. The van der Waals surface area contributed by atoms with E-state index < -0.39 is 0 Å². The highest BCUT2D eigenvalue weighted by molar-refractivity contribution is 5.97. The Bertz CT molecular complexity index is 464. The van der Waals surface area contributed by atoms with Crippen LogP contribution in [0.25, 0.3) is 0 Å². The van der Waals surface area contributed by atoms with Crippen LogP contribution in [-0.2, 0) is 11.2 Å². The fraction of sp³-hybridized carbons (Fsp3) is 0.562. The lowest BCUT2D eigenvalue weighted by molar-refractivity contribution is 0.0923. The van der Waals surface area contributed by atoms with Crippen molar-refractivity contribution in [2.75, 3.05) is 18.5 Å². The van der Waals surface area contributed by atoms with E-state index in [1.165, 1.54) is 12.0 Å². The average molecular weight is 259 g/mol. The van der Waals surface area contributed by atoms with Gasteiger partial charge in [0.2, 0.25) is 0 Å². The van der Waals surface area contributed by atoms with Crippen LogP contribution in [0.5, 0.6) is 0 Å². The van der Waals surface area contributed by atoms with Gasteiger partial charge in [-0.3, -0.25) is 4.79 Å². The fourth-order valence-corrected chi connectivity index (χ4v) is 2.97. The number of hydrogen-bond donors (Lipinski definition) is 1. The second-order valence-electron chi connectivity index (χ2n) is 5.50. The molecule has 1 fully saturated rings. The summed E-state index contributed by atoms with van der Waals surface area (Å²) in [6.45, 7) is 1.89. The summed E-state index contributed by atoms with van der Waals surface area (Å²) in [7, 11) is 0. The van der Waals surface area contributed by atoms with Gasteiger partial charge >= 0.3 is 0 Å². The first-order valence-corrected chi connectivity index (χ1v) is 7.34. The monoisotopic (exact) mass is 259 g/mol. The Hall–Kier alpha value is -1.35. The quantitative estimate of drug-likeness (QED) is 0.825. The number of hydrogen-bond acceptors (Lipinski definition) is 3. The van der Waals surface area contributed by atoms with Crippen molar-refractivity contribution in [3.8, 4) is 0 Å². The van der Waals surface area contributed by atoms with E-state index >= 15 is 0 Å².